The van der Waals surface area contributed by atoms with E-state index in [1.165, 1.54) is 141 Å². The van der Waals surface area contributed by atoms with Crippen LogP contribution >= 0.6 is 15.6 Å². The van der Waals surface area contributed by atoms with Gasteiger partial charge in [-0.05, 0) is 103 Å². The van der Waals surface area contributed by atoms with Crippen LogP contribution in [0.3, 0.4) is 0 Å². The maximum Gasteiger partial charge on any atom is 0.472 e. The van der Waals surface area contributed by atoms with Crippen molar-refractivity contribution >= 4 is 39.5 Å². The lowest BCUT2D eigenvalue weighted by atomic mass is 10.0. The Hall–Kier alpha value is -3.76. The molecular formula is C81H144O17P2. The summed E-state index contributed by atoms with van der Waals surface area (Å²) in [5.74, 6) is -2.32. The fourth-order valence-corrected chi connectivity index (χ4v) is 12.4. The first kappa shape index (κ1) is 96.2. The van der Waals surface area contributed by atoms with Crippen LogP contribution in [0.15, 0.2) is 85.1 Å². The maximum absolute atomic E-state index is 13.1. The number of ether oxygens (including phenoxy) is 4. The van der Waals surface area contributed by atoms with E-state index in [2.05, 4.69) is 88.5 Å². The van der Waals surface area contributed by atoms with Crippen LogP contribution in [0.2, 0.25) is 0 Å². The highest BCUT2D eigenvalue weighted by atomic mass is 31.2. The molecule has 0 radical (unpaired) electrons. The molecule has 0 aromatic heterocycles. The maximum atomic E-state index is 13.1. The van der Waals surface area contributed by atoms with Gasteiger partial charge in [0, 0.05) is 19.3 Å². The quantitative estimate of drug-likeness (QED) is 0.0169. The van der Waals surface area contributed by atoms with Crippen LogP contribution in [0.5, 0.6) is 0 Å². The zero-order valence-corrected chi connectivity index (χ0v) is 65.2. The molecule has 0 spiro atoms. The molecule has 0 heterocycles. The lowest BCUT2D eigenvalue weighted by Gasteiger charge is -2.21. The predicted octanol–water partition coefficient (Wildman–Crippen LogP) is 23.0. The van der Waals surface area contributed by atoms with Crippen LogP contribution < -0.4 is 0 Å². The molecule has 0 aliphatic carbocycles. The summed E-state index contributed by atoms with van der Waals surface area (Å²) in [6, 6.07) is 0. The minimum Gasteiger partial charge on any atom is -0.462 e. The molecule has 100 heavy (non-hydrogen) atoms. The number of hydrogen-bond donors (Lipinski definition) is 3. The SMILES string of the molecule is CC/C=C\C/C=C\C/C=C\C/C=C\C/C=C\CC(=O)OCC(COP(=O)(O)OCC(O)COP(=O)(O)OCC(COC(=O)CCCCCCC/C=C\CCCCCCCC)OC(=O)CCCCCCC/C=C\CCCCCCCC)OC(=O)CCCCCCCCCCCCCCCCC. The van der Waals surface area contributed by atoms with E-state index < -0.39 is 97.5 Å². The van der Waals surface area contributed by atoms with Gasteiger partial charge in [0.2, 0.25) is 0 Å². The number of phosphoric acid groups is 2. The van der Waals surface area contributed by atoms with Gasteiger partial charge in [0.25, 0.3) is 0 Å². The molecule has 0 aromatic carbocycles. The third-order valence-corrected chi connectivity index (χ3v) is 18.8. The first-order chi connectivity index (χ1) is 48.7. The molecule has 3 N–H and O–H groups in total. The molecular weight excluding hydrogens is 1310 g/mol. The Morgan fingerprint density at radius 2 is 0.560 bits per heavy atom. The van der Waals surface area contributed by atoms with Gasteiger partial charge in [-0.15, -0.1) is 0 Å². The molecule has 0 aliphatic heterocycles. The molecule has 0 saturated carbocycles. The van der Waals surface area contributed by atoms with E-state index in [1.54, 1.807) is 6.08 Å². The van der Waals surface area contributed by atoms with Crippen LogP contribution in [0.1, 0.15) is 349 Å². The van der Waals surface area contributed by atoms with Crippen molar-refractivity contribution in [3.63, 3.8) is 0 Å². The highest BCUT2D eigenvalue weighted by molar-refractivity contribution is 7.47. The van der Waals surface area contributed by atoms with E-state index in [-0.39, 0.29) is 25.7 Å². The number of phosphoric ester groups is 2. The molecule has 0 fully saturated rings. The van der Waals surface area contributed by atoms with Crippen molar-refractivity contribution in [3.8, 4) is 0 Å². The number of aliphatic hydroxyl groups is 1. The molecule has 0 bridgehead atoms. The number of aliphatic hydroxyl groups excluding tert-OH is 1. The standard InChI is InChI=1S/C81H144O17P2/c1-5-9-13-17-21-25-29-33-37-41-45-49-53-57-61-65-78(83)91-71-76(97-80(85)67-63-59-55-51-47-43-39-35-31-27-23-19-15-11-7-3)73-95-99(87,88)93-69-75(82)70-94-100(89,90)96-74-77(98-81(86)68-64-60-56-52-48-44-40-36-32-28-24-20-16-12-8-4)72-92-79(84)66-62-58-54-50-46-42-38-34-30-26-22-18-14-10-6-2/h9,13,21,25,33-34,36-38,40,45,49,57,61,75-77,82H,5-8,10-12,14-20,22-24,26-32,35,39,41-44,46-48,50-56,58-60,62-74H2,1-4H3,(H,87,88)(H,89,90)/b13-9-,25-21-,37-33-,38-34-,40-36-,49-45-,61-57-. The van der Waals surface area contributed by atoms with Gasteiger partial charge in [-0.1, -0.05) is 305 Å². The minimum absolute atomic E-state index is 0.0678. The topological polar surface area (TPSA) is 237 Å². The average Bonchev–Trinajstić information content (AvgIpc) is 1.01. The number of carbonyl (C=O) groups is 4. The van der Waals surface area contributed by atoms with Gasteiger partial charge in [0.05, 0.1) is 32.8 Å². The lowest BCUT2D eigenvalue weighted by molar-refractivity contribution is -0.161. The third kappa shape index (κ3) is 72.6. The van der Waals surface area contributed by atoms with Gasteiger partial charge in [-0.25, -0.2) is 9.13 Å². The molecule has 5 atom stereocenters. The van der Waals surface area contributed by atoms with Crippen molar-refractivity contribution in [1.29, 1.82) is 0 Å². The highest BCUT2D eigenvalue weighted by Gasteiger charge is 2.30. The zero-order valence-electron chi connectivity index (χ0n) is 63.4. The fourth-order valence-electron chi connectivity index (χ4n) is 10.8. The van der Waals surface area contributed by atoms with Crippen molar-refractivity contribution in [2.75, 3.05) is 39.6 Å². The first-order valence-electron chi connectivity index (χ1n) is 39.8. The molecule has 19 heteroatoms. The Morgan fingerprint density at radius 3 is 0.880 bits per heavy atom. The summed E-state index contributed by atoms with van der Waals surface area (Å²) in [6.07, 6.45) is 75.9. The summed E-state index contributed by atoms with van der Waals surface area (Å²) >= 11 is 0. The van der Waals surface area contributed by atoms with E-state index in [0.29, 0.717) is 25.7 Å². The third-order valence-electron chi connectivity index (χ3n) is 16.9. The Balaban J connectivity index is 5.40. The fraction of sp³-hybridized carbons (Fsp3) is 0.778. The molecule has 0 saturated heterocycles. The molecule has 5 unspecified atom stereocenters. The smallest absolute Gasteiger partial charge is 0.462 e. The molecule has 0 aromatic rings. The summed E-state index contributed by atoms with van der Waals surface area (Å²) in [5, 5.41) is 10.6. The lowest BCUT2D eigenvalue weighted by Crippen LogP contribution is -2.30. The second-order valence-corrected chi connectivity index (χ2v) is 29.6. The van der Waals surface area contributed by atoms with Gasteiger partial charge >= 0.3 is 39.5 Å². The van der Waals surface area contributed by atoms with Gasteiger partial charge < -0.3 is 33.8 Å². The number of allylic oxidation sites excluding steroid dienone is 13. The van der Waals surface area contributed by atoms with Crippen molar-refractivity contribution in [2.45, 2.75) is 367 Å². The van der Waals surface area contributed by atoms with Gasteiger partial charge in [-0.2, -0.15) is 0 Å². The Labute approximate surface area is 608 Å². The zero-order chi connectivity index (χ0) is 73.2. The number of rotatable bonds is 75. The van der Waals surface area contributed by atoms with Crippen molar-refractivity contribution in [1.82, 2.24) is 0 Å². The Morgan fingerprint density at radius 1 is 0.300 bits per heavy atom. The van der Waals surface area contributed by atoms with Crippen LogP contribution in [-0.4, -0.2) is 96.7 Å². The minimum atomic E-state index is -4.99. The van der Waals surface area contributed by atoms with Gasteiger partial charge in [-0.3, -0.25) is 37.3 Å². The predicted molar refractivity (Wildman–Crippen MR) is 409 cm³/mol. The van der Waals surface area contributed by atoms with E-state index in [4.69, 9.17) is 37.0 Å². The van der Waals surface area contributed by atoms with Gasteiger partial charge in [0.15, 0.2) is 12.2 Å². The van der Waals surface area contributed by atoms with Crippen LogP contribution in [0.25, 0.3) is 0 Å². The number of esters is 4. The normalized spacial score (nSPS) is 14.3. The van der Waals surface area contributed by atoms with Crippen molar-refractivity contribution < 1.29 is 80.2 Å². The van der Waals surface area contributed by atoms with E-state index in [9.17, 15) is 43.2 Å². The largest absolute Gasteiger partial charge is 0.472 e. The van der Waals surface area contributed by atoms with E-state index in [0.717, 1.165) is 128 Å². The van der Waals surface area contributed by atoms with E-state index in [1.807, 2.05) is 18.2 Å². The molecule has 580 valence electrons. The van der Waals surface area contributed by atoms with Crippen LogP contribution in [0.4, 0.5) is 0 Å². The summed E-state index contributed by atoms with van der Waals surface area (Å²) in [7, 11) is -9.97. The van der Waals surface area contributed by atoms with Crippen LogP contribution in [-0.2, 0) is 65.4 Å². The summed E-state index contributed by atoms with van der Waals surface area (Å²) in [4.78, 5) is 72.9. The molecule has 0 rings (SSSR count). The Bertz CT molecular complexity index is 2230. The Kier molecular flexibility index (Phi) is 70.8. The molecule has 0 amide bonds. The summed E-state index contributed by atoms with van der Waals surface area (Å²) in [5.41, 5.74) is 0. The van der Waals surface area contributed by atoms with E-state index >= 15 is 0 Å². The molecule has 0 aliphatic rings. The number of carbonyl (C=O) groups excluding carboxylic acids is 4. The highest BCUT2D eigenvalue weighted by Crippen LogP contribution is 2.45. The summed E-state index contributed by atoms with van der Waals surface area (Å²) in [6.45, 7) is 4.67. The first-order valence-corrected chi connectivity index (χ1v) is 42.8. The van der Waals surface area contributed by atoms with Crippen molar-refractivity contribution in [3.05, 3.63) is 85.1 Å². The second kappa shape index (κ2) is 73.5. The average molecular weight is 1450 g/mol. The molecule has 17 nitrogen and oxygen atoms in total. The van der Waals surface area contributed by atoms with Gasteiger partial charge in [0.1, 0.15) is 19.3 Å². The van der Waals surface area contributed by atoms with Crippen LogP contribution in [0, 0.1) is 0 Å². The second-order valence-electron chi connectivity index (χ2n) is 26.6. The summed E-state index contributed by atoms with van der Waals surface area (Å²) < 4.78 is 68.5. The van der Waals surface area contributed by atoms with Crippen molar-refractivity contribution in [2.24, 2.45) is 0 Å². The monoisotopic (exact) mass is 1450 g/mol. The number of hydrogen-bond acceptors (Lipinski definition) is 15. The number of unbranched alkanes of at least 4 members (excludes halogenated alkanes) is 36.